The lowest BCUT2D eigenvalue weighted by atomic mass is 10.2. The molecule has 5 rings (SSSR count). The highest BCUT2D eigenvalue weighted by molar-refractivity contribution is 7.98. The first-order valence-electron chi connectivity index (χ1n) is 8.74. The van der Waals surface area contributed by atoms with Crippen molar-refractivity contribution in [2.75, 3.05) is 5.32 Å². The van der Waals surface area contributed by atoms with Crippen LogP contribution in [0.2, 0.25) is 0 Å². The predicted molar refractivity (Wildman–Crippen MR) is 107 cm³/mol. The van der Waals surface area contributed by atoms with Gasteiger partial charge in [-0.1, -0.05) is 30.3 Å². The third kappa shape index (κ3) is 2.82. The largest absolute Gasteiger partial charge is 0.451 e. The molecule has 134 valence electrons. The zero-order valence-electron chi connectivity index (χ0n) is 14.7. The molecule has 27 heavy (non-hydrogen) atoms. The molecule has 0 unspecified atom stereocenters. The minimum absolute atomic E-state index is 0.264. The number of hydrogen-bond acceptors (Lipinski definition) is 4. The molecular weight excluding hydrogens is 358 g/mol. The number of furan rings is 1. The highest BCUT2D eigenvalue weighted by Gasteiger charge is 2.26. The summed E-state index contributed by atoms with van der Waals surface area (Å²) in [6.07, 6.45) is 0. The van der Waals surface area contributed by atoms with Gasteiger partial charge in [0, 0.05) is 22.5 Å². The van der Waals surface area contributed by atoms with Gasteiger partial charge in [0.05, 0.1) is 11.4 Å². The van der Waals surface area contributed by atoms with E-state index in [9.17, 15) is 4.79 Å². The second-order valence-electron chi connectivity index (χ2n) is 6.62. The fraction of sp³-hybridized carbons (Fsp3) is 0.143. The summed E-state index contributed by atoms with van der Waals surface area (Å²) in [5.41, 5.74) is 4.91. The number of amides is 1. The normalized spacial score (nSPS) is 13.1. The molecular formula is C21H17N3O2S. The Morgan fingerprint density at radius 1 is 1.15 bits per heavy atom. The smallest absolute Gasteiger partial charge is 0.292 e. The van der Waals surface area contributed by atoms with Gasteiger partial charge in [0.2, 0.25) is 0 Å². The summed E-state index contributed by atoms with van der Waals surface area (Å²) < 4.78 is 7.55. The van der Waals surface area contributed by atoms with Crippen molar-refractivity contribution in [1.29, 1.82) is 0 Å². The molecule has 4 aromatic rings. The van der Waals surface area contributed by atoms with Crippen molar-refractivity contribution in [2.24, 2.45) is 0 Å². The number of nitrogens with zero attached hydrogens (tertiary/aromatic N) is 2. The van der Waals surface area contributed by atoms with Crippen molar-refractivity contribution < 1.29 is 9.21 Å². The first-order valence-corrected chi connectivity index (χ1v) is 9.90. The van der Waals surface area contributed by atoms with E-state index in [1.54, 1.807) is 17.8 Å². The second-order valence-corrected chi connectivity index (χ2v) is 7.61. The van der Waals surface area contributed by atoms with Gasteiger partial charge >= 0.3 is 0 Å². The van der Waals surface area contributed by atoms with Crippen molar-refractivity contribution >= 4 is 34.5 Å². The summed E-state index contributed by atoms with van der Waals surface area (Å²) in [4.78, 5) is 12.9. The summed E-state index contributed by atoms with van der Waals surface area (Å²) in [7, 11) is 0. The summed E-state index contributed by atoms with van der Waals surface area (Å²) in [6, 6.07) is 17.5. The number of aromatic nitrogens is 2. The molecule has 2 aromatic carbocycles. The lowest BCUT2D eigenvalue weighted by Crippen LogP contribution is -2.15. The molecule has 0 bridgehead atoms. The van der Waals surface area contributed by atoms with Crippen LogP contribution in [0.15, 0.2) is 59.0 Å². The summed E-state index contributed by atoms with van der Waals surface area (Å²) in [6.45, 7) is 2.04. The van der Waals surface area contributed by atoms with Crippen molar-refractivity contribution in [3.8, 4) is 5.69 Å². The number of fused-ring (bicyclic) bond motifs is 2. The van der Waals surface area contributed by atoms with Crippen LogP contribution in [0.1, 0.15) is 27.4 Å². The SMILES string of the molecule is Cc1cccc(-n2nc3c(c2NC(=O)c2cc4ccccc4o2)CSC3)c1. The lowest BCUT2D eigenvalue weighted by molar-refractivity contribution is 0.0998. The standard InChI is InChI=1S/C21H17N3O2S/c1-13-5-4-7-15(9-13)24-20(16-11-27-12-17(16)23-24)22-21(25)19-10-14-6-2-3-8-18(14)26-19/h2-10H,11-12H2,1H3,(H,22,25). The van der Waals surface area contributed by atoms with E-state index in [0.29, 0.717) is 11.3 Å². The quantitative estimate of drug-likeness (QED) is 0.552. The van der Waals surface area contributed by atoms with E-state index in [2.05, 4.69) is 11.4 Å². The van der Waals surface area contributed by atoms with E-state index in [-0.39, 0.29) is 5.91 Å². The molecule has 2 aromatic heterocycles. The van der Waals surface area contributed by atoms with Gasteiger partial charge in [-0.15, -0.1) is 0 Å². The molecule has 1 N–H and O–H groups in total. The summed E-state index contributed by atoms with van der Waals surface area (Å²) in [5, 5.41) is 8.70. The van der Waals surface area contributed by atoms with Crippen LogP contribution < -0.4 is 5.32 Å². The average molecular weight is 375 g/mol. The molecule has 0 aliphatic carbocycles. The number of benzene rings is 2. The van der Waals surface area contributed by atoms with Crippen LogP contribution in [-0.2, 0) is 11.5 Å². The Bertz CT molecular complexity index is 1140. The Kier molecular flexibility index (Phi) is 3.79. The van der Waals surface area contributed by atoms with Crippen molar-refractivity contribution in [2.45, 2.75) is 18.4 Å². The minimum Gasteiger partial charge on any atom is -0.451 e. The van der Waals surface area contributed by atoms with E-state index in [1.807, 2.05) is 54.1 Å². The molecule has 0 saturated carbocycles. The van der Waals surface area contributed by atoms with Gasteiger partial charge in [-0.2, -0.15) is 16.9 Å². The van der Waals surface area contributed by atoms with Gasteiger partial charge in [-0.3, -0.25) is 4.79 Å². The number of hydrogen-bond donors (Lipinski definition) is 1. The molecule has 0 atom stereocenters. The topological polar surface area (TPSA) is 60.1 Å². The fourth-order valence-electron chi connectivity index (χ4n) is 3.35. The van der Waals surface area contributed by atoms with Crippen LogP contribution in [0.5, 0.6) is 0 Å². The van der Waals surface area contributed by atoms with Crippen LogP contribution >= 0.6 is 11.8 Å². The zero-order chi connectivity index (χ0) is 18.4. The molecule has 3 heterocycles. The highest BCUT2D eigenvalue weighted by Crippen LogP contribution is 2.36. The van der Waals surface area contributed by atoms with E-state index in [0.717, 1.165) is 45.2 Å². The molecule has 0 saturated heterocycles. The van der Waals surface area contributed by atoms with Gasteiger partial charge in [0.25, 0.3) is 5.91 Å². The van der Waals surface area contributed by atoms with Crippen molar-refractivity contribution in [1.82, 2.24) is 9.78 Å². The Hall–Kier alpha value is -2.99. The molecule has 1 aliphatic rings. The molecule has 1 amide bonds. The molecule has 6 heteroatoms. The monoisotopic (exact) mass is 375 g/mol. The van der Waals surface area contributed by atoms with E-state index < -0.39 is 0 Å². The Morgan fingerprint density at radius 2 is 2.04 bits per heavy atom. The lowest BCUT2D eigenvalue weighted by Gasteiger charge is -2.10. The third-order valence-corrected chi connectivity index (χ3v) is 5.65. The molecule has 0 fully saturated rings. The van der Waals surface area contributed by atoms with Gasteiger partial charge in [-0.25, -0.2) is 4.68 Å². The van der Waals surface area contributed by atoms with Crippen LogP contribution in [0.25, 0.3) is 16.7 Å². The first kappa shape index (κ1) is 16.2. The number of nitrogens with one attached hydrogen (secondary N) is 1. The van der Waals surface area contributed by atoms with Crippen molar-refractivity contribution in [3.05, 3.63) is 77.2 Å². The van der Waals surface area contributed by atoms with Gasteiger partial charge in [0.15, 0.2) is 5.76 Å². The Balaban J connectivity index is 1.55. The maximum absolute atomic E-state index is 12.9. The molecule has 5 nitrogen and oxygen atoms in total. The fourth-order valence-corrected chi connectivity index (χ4v) is 4.39. The molecule has 1 aliphatic heterocycles. The number of carbonyl (C=O) groups excluding carboxylic acids is 1. The van der Waals surface area contributed by atoms with Crippen LogP contribution in [0.3, 0.4) is 0 Å². The number of aryl methyl sites for hydroxylation is 1. The van der Waals surface area contributed by atoms with Crippen molar-refractivity contribution in [3.63, 3.8) is 0 Å². The summed E-state index contributed by atoms with van der Waals surface area (Å²) in [5.74, 6) is 2.47. The highest BCUT2D eigenvalue weighted by atomic mass is 32.2. The maximum Gasteiger partial charge on any atom is 0.292 e. The van der Waals surface area contributed by atoms with E-state index in [1.165, 1.54) is 0 Å². The van der Waals surface area contributed by atoms with Gasteiger partial charge in [0.1, 0.15) is 11.4 Å². The third-order valence-electron chi connectivity index (χ3n) is 4.68. The number of thioether (sulfide) groups is 1. The number of para-hydroxylation sites is 1. The summed E-state index contributed by atoms with van der Waals surface area (Å²) >= 11 is 1.81. The maximum atomic E-state index is 12.9. The molecule has 0 radical (unpaired) electrons. The van der Waals surface area contributed by atoms with Gasteiger partial charge in [-0.05, 0) is 36.8 Å². The minimum atomic E-state index is -0.264. The van der Waals surface area contributed by atoms with Gasteiger partial charge < -0.3 is 9.73 Å². The second kappa shape index (κ2) is 6.32. The van der Waals surface area contributed by atoms with Crippen LogP contribution in [0.4, 0.5) is 5.82 Å². The number of rotatable bonds is 3. The van der Waals surface area contributed by atoms with Crippen LogP contribution in [-0.4, -0.2) is 15.7 Å². The Morgan fingerprint density at radius 3 is 2.89 bits per heavy atom. The predicted octanol–water partition coefficient (Wildman–Crippen LogP) is 4.93. The number of anilines is 1. The first-order chi connectivity index (χ1) is 13.2. The van der Waals surface area contributed by atoms with E-state index in [4.69, 9.17) is 9.52 Å². The van der Waals surface area contributed by atoms with Crippen LogP contribution in [0, 0.1) is 6.92 Å². The molecule has 0 spiro atoms. The zero-order valence-corrected chi connectivity index (χ0v) is 15.5. The Labute approximate surface area is 160 Å². The van der Waals surface area contributed by atoms with E-state index >= 15 is 0 Å². The number of carbonyl (C=O) groups is 1. The average Bonchev–Trinajstić information content (AvgIpc) is 3.36.